The minimum atomic E-state index is -0.513. The van der Waals surface area contributed by atoms with E-state index in [9.17, 15) is 14.0 Å². The standard InChI is InChI=1S/C23H16BrFN2O3/c24-17-8-11-21(30-14-15-6-9-18(25)10-7-15)16(12-17)13-20-22(28)27(23(29)26-20)19-4-2-1-3-5-19/h1-13H,14H2,(H,26,29)/b20-13+. The number of anilines is 1. The fraction of sp³-hybridized carbons (Fsp3) is 0.0435. The largest absolute Gasteiger partial charge is 0.488 e. The summed E-state index contributed by atoms with van der Waals surface area (Å²) < 4.78 is 19.8. The Balaban J connectivity index is 1.60. The van der Waals surface area contributed by atoms with E-state index in [4.69, 9.17) is 4.74 Å². The molecular formula is C23H16BrFN2O3. The van der Waals surface area contributed by atoms with Crippen molar-refractivity contribution < 1.29 is 18.7 Å². The molecule has 0 aliphatic carbocycles. The van der Waals surface area contributed by atoms with Crippen molar-refractivity contribution in [3.05, 3.63) is 99.9 Å². The van der Waals surface area contributed by atoms with Crippen LogP contribution in [-0.2, 0) is 11.4 Å². The number of hydrogen-bond donors (Lipinski definition) is 1. The van der Waals surface area contributed by atoms with Gasteiger partial charge in [-0.25, -0.2) is 14.1 Å². The van der Waals surface area contributed by atoms with Crippen molar-refractivity contribution >= 4 is 39.6 Å². The van der Waals surface area contributed by atoms with Crippen LogP contribution in [0.3, 0.4) is 0 Å². The zero-order valence-electron chi connectivity index (χ0n) is 15.6. The van der Waals surface area contributed by atoms with Crippen LogP contribution in [0.4, 0.5) is 14.9 Å². The van der Waals surface area contributed by atoms with Crippen LogP contribution in [0.1, 0.15) is 11.1 Å². The first-order valence-corrected chi connectivity index (χ1v) is 9.89. The van der Waals surface area contributed by atoms with Crippen LogP contribution in [0.15, 0.2) is 83.0 Å². The Morgan fingerprint density at radius 1 is 1.00 bits per heavy atom. The molecule has 1 saturated heterocycles. The number of nitrogens with zero attached hydrogens (tertiary/aromatic N) is 1. The summed E-state index contributed by atoms with van der Waals surface area (Å²) >= 11 is 3.42. The van der Waals surface area contributed by atoms with E-state index in [-0.39, 0.29) is 18.1 Å². The van der Waals surface area contributed by atoms with Crippen molar-refractivity contribution in [1.82, 2.24) is 5.32 Å². The lowest BCUT2D eigenvalue weighted by molar-refractivity contribution is -0.113. The molecule has 7 heteroatoms. The first-order chi connectivity index (χ1) is 14.5. The van der Waals surface area contributed by atoms with Gasteiger partial charge in [-0.1, -0.05) is 46.3 Å². The number of carbonyl (C=O) groups is 2. The molecule has 3 amide bonds. The van der Waals surface area contributed by atoms with Crippen molar-refractivity contribution in [2.24, 2.45) is 0 Å². The van der Waals surface area contributed by atoms with Crippen molar-refractivity contribution in [2.75, 3.05) is 4.90 Å². The van der Waals surface area contributed by atoms with E-state index < -0.39 is 11.9 Å². The van der Waals surface area contributed by atoms with Gasteiger partial charge in [-0.2, -0.15) is 0 Å². The second-order valence-electron chi connectivity index (χ2n) is 6.56. The molecule has 0 unspecified atom stereocenters. The lowest BCUT2D eigenvalue weighted by atomic mass is 10.1. The van der Waals surface area contributed by atoms with Crippen LogP contribution in [0, 0.1) is 5.82 Å². The molecule has 1 heterocycles. The molecule has 1 aliphatic rings. The summed E-state index contributed by atoms with van der Waals surface area (Å²) in [6.07, 6.45) is 1.58. The summed E-state index contributed by atoms with van der Waals surface area (Å²) in [6.45, 7) is 0.231. The number of nitrogens with one attached hydrogen (secondary N) is 1. The Bertz CT molecular complexity index is 1130. The maximum absolute atomic E-state index is 13.1. The molecule has 0 spiro atoms. The van der Waals surface area contributed by atoms with Crippen LogP contribution in [0.2, 0.25) is 0 Å². The Morgan fingerprint density at radius 2 is 1.73 bits per heavy atom. The van der Waals surface area contributed by atoms with E-state index in [2.05, 4.69) is 21.2 Å². The van der Waals surface area contributed by atoms with E-state index in [1.165, 1.54) is 12.1 Å². The molecule has 0 aromatic heterocycles. The van der Waals surface area contributed by atoms with Gasteiger partial charge in [0.2, 0.25) is 0 Å². The number of rotatable bonds is 5. The maximum Gasteiger partial charge on any atom is 0.333 e. The van der Waals surface area contributed by atoms with Gasteiger partial charge in [0.05, 0.1) is 5.69 Å². The van der Waals surface area contributed by atoms with E-state index >= 15 is 0 Å². The molecule has 30 heavy (non-hydrogen) atoms. The first kappa shape index (κ1) is 19.8. The highest BCUT2D eigenvalue weighted by atomic mass is 79.9. The molecule has 3 aromatic carbocycles. The van der Waals surface area contributed by atoms with Crippen LogP contribution in [0.25, 0.3) is 6.08 Å². The summed E-state index contributed by atoms with van der Waals surface area (Å²) in [5.74, 6) is -0.239. The van der Waals surface area contributed by atoms with Crippen molar-refractivity contribution in [2.45, 2.75) is 6.61 Å². The number of amides is 3. The molecule has 5 nitrogen and oxygen atoms in total. The number of carbonyl (C=O) groups excluding carboxylic acids is 2. The fourth-order valence-corrected chi connectivity index (χ4v) is 3.39. The van der Waals surface area contributed by atoms with Gasteiger partial charge in [0.15, 0.2) is 0 Å². The predicted molar refractivity (Wildman–Crippen MR) is 115 cm³/mol. The molecule has 1 fully saturated rings. The second kappa shape index (κ2) is 8.51. The quantitative estimate of drug-likeness (QED) is 0.411. The number of halogens is 2. The smallest absolute Gasteiger partial charge is 0.333 e. The van der Waals surface area contributed by atoms with Crippen LogP contribution >= 0.6 is 15.9 Å². The molecule has 4 rings (SSSR count). The zero-order valence-corrected chi connectivity index (χ0v) is 17.2. The third-order valence-electron chi connectivity index (χ3n) is 4.47. The number of urea groups is 1. The van der Waals surface area contributed by atoms with Crippen molar-refractivity contribution in [3.63, 3.8) is 0 Å². The predicted octanol–water partition coefficient (Wildman–Crippen LogP) is 5.26. The Hall–Kier alpha value is -3.45. The van der Waals surface area contributed by atoms with E-state index in [1.54, 1.807) is 54.6 Å². The Kier molecular flexibility index (Phi) is 5.63. The van der Waals surface area contributed by atoms with Crippen molar-refractivity contribution in [3.8, 4) is 5.75 Å². The van der Waals surface area contributed by atoms with Crippen LogP contribution in [0.5, 0.6) is 5.75 Å². The first-order valence-electron chi connectivity index (χ1n) is 9.10. The van der Waals surface area contributed by atoms with Crippen LogP contribution < -0.4 is 15.0 Å². The Labute approximate surface area is 180 Å². The minimum absolute atomic E-state index is 0.147. The lowest BCUT2D eigenvalue weighted by Gasteiger charge is -2.11. The summed E-state index contributed by atoms with van der Waals surface area (Å²) in [7, 11) is 0. The van der Waals surface area contributed by atoms with Gasteiger partial charge in [0.1, 0.15) is 23.9 Å². The molecule has 0 atom stereocenters. The summed E-state index contributed by atoms with van der Waals surface area (Å²) in [5, 5.41) is 2.61. The summed E-state index contributed by atoms with van der Waals surface area (Å²) in [4.78, 5) is 26.3. The monoisotopic (exact) mass is 466 g/mol. The molecule has 0 bridgehead atoms. The molecule has 1 N–H and O–H groups in total. The normalized spacial score (nSPS) is 14.9. The topological polar surface area (TPSA) is 58.6 Å². The lowest BCUT2D eigenvalue weighted by Crippen LogP contribution is -2.30. The minimum Gasteiger partial charge on any atom is -0.488 e. The highest BCUT2D eigenvalue weighted by molar-refractivity contribution is 9.10. The molecule has 150 valence electrons. The summed E-state index contributed by atoms with van der Waals surface area (Å²) in [5.41, 5.74) is 2.06. The molecule has 3 aromatic rings. The molecule has 0 radical (unpaired) electrons. The van der Waals surface area contributed by atoms with Gasteiger partial charge in [-0.15, -0.1) is 0 Å². The fourth-order valence-electron chi connectivity index (χ4n) is 3.01. The van der Waals surface area contributed by atoms with Gasteiger partial charge < -0.3 is 10.1 Å². The zero-order chi connectivity index (χ0) is 21.1. The maximum atomic E-state index is 13.1. The average Bonchev–Trinajstić information content (AvgIpc) is 3.02. The van der Waals surface area contributed by atoms with Gasteiger partial charge >= 0.3 is 6.03 Å². The number of hydrogen-bond acceptors (Lipinski definition) is 3. The third-order valence-corrected chi connectivity index (χ3v) is 4.97. The Morgan fingerprint density at radius 3 is 2.47 bits per heavy atom. The number of para-hydroxylation sites is 1. The second-order valence-corrected chi connectivity index (χ2v) is 7.48. The molecular weight excluding hydrogens is 451 g/mol. The number of benzene rings is 3. The third kappa shape index (κ3) is 4.26. The number of imide groups is 1. The molecule has 1 aliphatic heterocycles. The highest BCUT2D eigenvalue weighted by Gasteiger charge is 2.34. The highest BCUT2D eigenvalue weighted by Crippen LogP contribution is 2.28. The van der Waals surface area contributed by atoms with Crippen LogP contribution in [-0.4, -0.2) is 11.9 Å². The van der Waals surface area contributed by atoms with Gasteiger partial charge in [-0.05, 0) is 54.1 Å². The van der Waals surface area contributed by atoms with Gasteiger partial charge in [0, 0.05) is 10.0 Å². The average molecular weight is 467 g/mol. The number of ether oxygens (including phenoxy) is 1. The summed E-state index contributed by atoms with van der Waals surface area (Å²) in [6, 6.07) is 19.6. The van der Waals surface area contributed by atoms with Gasteiger partial charge in [-0.3, -0.25) is 4.79 Å². The van der Waals surface area contributed by atoms with Gasteiger partial charge in [0.25, 0.3) is 5.91 Å². The van der Waals surface area contributed by atoms with E-state index in [1.807, 2.05) is 12.1 Å². The van der Waals surface area contributed by atoms with E-state index in [0.29, 0.717) is 17.0 Å². The SMILES string of the molecule is O=C1N/C(=C/c2cc(Br)ccc2OCc2ccc(F)cc2)C(=O)N1c1ccccc1. The van der Waals surface area contributed by atoms with Crippen molar-refractivity contribution in [1.29, 1.82) is 0 Å². The van der Waals surface area contributed by atoms with E-state index in [0.717, 1.165) is 14.9 Å². The molecule has 0 saturated carbocycles.